The van der Waals surface area contributed by atoms with Gasteiger partial charge in [-0.25, -0.2) is 0 Å². The van der Waals surface area contributed by atoms with Crippen LogP contribution in [0.1, 0.15) is 12.0 Å². The van der Waals surface area contributed by atoms with E-state index in [-0.39, 0.29) is 12.5 Å². The molecule has 2 unspecified atom stereocenters. The van der Waals surface area contributed by atoms with Gasteiger partial charge >= 0.3 is 5.97 Å². The van der Waals surface area contributed by atoms with Gasteiger partial charge in [-0.15, -0.1) is 0 Å². The molecule has 1 aliphatic heterocycles. The third kappa shape index (κ3) is 4.09. The van der Waals surface area contributed by atoms with Crippen molar-refractivity contribution in [3.8, 4) is 11.5 Å². The van der Waals surface area contributed by atoms with E-state index in [1.54, 1.807) is 13.2 Å². The van der Waals surface area contributed by atoms with Crippen molar-refractivity contribution in [2.45, 2.75) is 25.0 Å². The highest BCUT2D eigenvalue weighted by Crippen LogP contribution is 2.30. The van der Waals surface area contributed by atoms with Crippen LogP contribution < -0.4 is 15.2 Å². The zero-order valence-corrected chi connectivity index (χ0v) is 12.4. The molecule has 2 atom stereocenters. The number of hydrogen-bond donors (Lipinski definition) is 2. The molecule has 1 saturated heterocycles. The molecule has 0 aliphatic carbocycles. The maximum Gasteiger partial charge on any atom is 0.320 e. The van der Waals surface area contributed by atoms with Crippen LogP contribution in [0.4, 0.5) is 0 Å². The van der Waals surface area contributed by atoms with Crippen molar-refractivity contribution in [2.75, 3.05) is 27.2 Å². The molecule has 6 nitrogen and oxygen atoms in total. The van der Waals surface area contributed by atoms with Crippen LogP contribution in [0.15, 0.2) is 18.2 Å². The van der Waals surface area contributed by atoms with Crippen LogP contribution in [0.5, 0.6) is 11.5 Å². The van der Waals surface area contributed by atoms with Crippen molar-refractivity contribution in [1.82, 2.24) is 4.90 Å². The molecule has 0 aromatic heterocycles. The quantitative estimate of drug-likeness (QED) is 0.804. The van der Waals surface area contributed by atoms with Crippen molar-refractivity contribution in [1.29, 1.82) is 0 Å². The minimum absolute atomic E-state index is 0.132. The van der Waals surface area contributed by atoms with Crippen LogP contribution in [-0.2, 0) is 11.2 Å². The molecule has 116 valence electrons. The van der Waals surface area contributed by atoms with Crippen molar-refractivity contribution in [3.05, 3.63) is 23.8 Å². The molecular weight excluding hydrogens is 272 g/mol. The van der Waals surface area contributed by atoms with Crippen LogP contribution in [-0.4, -0.2) is 55.4 Å². The Morgan fingerprint density at radius 3 is 2.86 bits per heavy atom. The minimum atomic E-state index is -1.01. The highest BCUT2D eigenvalue weighted by Gasteiger charge is 2.22. The van der Waals surface area contributed by atoms with Crippen LogP contribution in [0.25, 0.3) is 0 Å². The first-order chi connectivity index (χ1) is 9.99. The van der Waals surface area contributed by atoms with E-state index in [9.17, 15) is 4.79 Å². The Balaban J connectivity index is 2.12. The number of nitrogens with two attached hydrogens (primary N) is 1. The summed E-state index contributed by atoms with van der Waals surface area (Å²) < 4.78 is 11.3. The fourth-order valence-electron chi connectivity index (χ4n) is 2.45. The Morgan fingerprint density at radius 1 is 1.52 bits per heavy atom. The highest BCUT2D eigenvalue weighted by molar-refractivity contribution is 5.73. The molecule has 0 radical (unpaired) electrons. The summed E-state index contributed by atoms with van der Waals surface area (Å²) in [5.41, 5.74) is 6.40. The average molecular weight is 294 g/mol. The van der Waals surface area contributed by atoms with Gasteiger partial charge < -0.3 is 25.2 Å². The molecule has 0 bridgehead atoms. The standard InChI is InChI=1S/C15H22N2O4/c1-17-6-5-11(9-17)21-14-8-10(3-4-13(14)20-2)7-12(16)15(18)19/h3-4,8,11-12H,5-7,9,16H2,1-2H3,(H,18,19). The first-order valence-corrected chi connectivity index (χ1v) is 7.00. The van der Waals surface area contributed by atoms with Gasteiger partial charge in [-0.05, 0) is 37.6 Å². The average Bonchev–Trinajstić information content (AvgIpc) is 2.84. The van der Waals surface area contributed by atoms with Gasteiger partial charge in [-0.3, -0.25) is 4.79 Å². The summed E-state index contributed by atoms with van der Waals surface area (Å²) in [7, 11) is 3.65. The normalized spacial score (nSPS) is 20.2. The van der Waals surface area contributed by atoms with Gasteiger partial charge in [-0.2, -0.15) is 0 Å². The maximum absolute atomic E-state index is 10.8. The number of likely N-dealkylation sites (tertiary alicyclic amines) is 1. The number of carbonyl (C=O) groups is 1. The Labute approximate surface area is 124 Å². The number of nitrogens with zero attached hydrogens (tertiary/aromatic N) is 1. The van der Waals surface area contributed by atoms with Crippen molar-refractivity contribution < 1.29 is 19.4 Å². The number of carboxylic acids is 1. The molecule has 1 aromatic rings. The fraction of sp³-hybridized carbons (Fsp3) is 0.533. The summed E-state index contributed by atoms with van der Waals surface area (Å²) in [4.78, 5) is 13.0. The topological polar surface area (TPSA) is 85.0 Å². The van der Waals surface area contributed by atoms with E-state index in [2.05, 4.69) is 11.9 Å². The maximum atomic E-state index is 10.8. The smallest absolute Gasteiger partial charge is 0.320 e. The number of hydrogen-bond acceptors (Lipinski definition) is 5. The summed E-state index contributed by atoms with van der Waals surface area (Å²) in [6, 6.07) is 4.51. The number of methoxy groups -OCH3 is 1. The molecule has 3 N–H and O–H groups in total. The lowest BCUT2D eigenvalue weighted by atomic mass is 10.1. The zero-order valence-electron chi connectivity index (χ0n) is 12.4. The summed E-state index contributed by atoms with van der Waals surface area (Å²) in [6.45, 7) is 1.89. The second-order valence-electron chi connectivity index (χ2n) is 5.42. The molecule has 1 aromatic carbocycles. The monoisotopic (exact) mass is 294 g/mol. The first-order valence-electron chi connectivity index (χ1n) is 7.00. The molecule has 21 heavy (non-hydrogen) atoms. The lowest BCUT2D eigenvalue weighted by molar-refractivity contribution is -0.138. The lowest BCUT2D eigenvalue weighted by Crippen LogP contribution is -2.32. The highest BCUT2D eigenvalue weighted by atomic mass is 16.5. The van der Waals surface area contributed by atoms with Gasteiger partial charge in [-0.1, -0.05) is 6.07 Å². The van der Waals surface area contributed by atoms with Crippen LogP contribution in [0.3, 0.4) is 0 Å². The Hall–Kier alpha value is -1.79. The van der Waals surface area contributed by atoms with E-state index in [0.29, 0.717) is 11.5 Å². The predicted octanol–water partition coefficient (Wildman–Crippen LogP) is 0.733. The van der Waals surface area contributed by atoms with E-state index >= 15 is 0 Å². The van der Waals surface area contributed by atoms with Gasteiger partial charge in [0.05, 0.1) is 7.11 Å². The Kier molecular flexibility index (Phi) is 5.03. The van der Waals surface area contributed by atoms with Gasteiger partial charge in [0.2, 0.25) is 0 Å². The van der Waals surface area contributed by atoms with E-state index in [1.165, 1.54) is 0 Å². The van der Waals surface area contributed by atoms with E-state index < -0.39 is 12.0 Å². The number of rotatable bonds is 6. The van der Waals surface area contributed by atoms with Crippen LogP contribution in [0.2, 0.25) is 0 Å². The largest absolute Gasteiger partial charge is 0.493 e. The summed E-state index contributed by atoms with van der Waals surface area (Å²) in [6.07, 6.45) is 1.37. The molecule has 1 fully saturated rings. The Bertz CT molecular complexity index is 506. The lowest BCUT2D eigenvalue weighted by Gasteiger charge is -2.17. The van der Waals surface area contributed by atoms with Crippen LogP contribution >= 0.6 is 0 Å². The third-order valence-corrected chi connectivity index (χ3v) is 3.64. The Morgan fingerprint density at radius 2 is 2.29 bits per heavy atom. The fourth-order valence-corrected chi connectivity index (χ4v) is 2.45. The van der Waals surface area contributed by atoms with E-state index in [4.69, 9.17) is 20.3 Å². The predicted molar refractivity (Wildman–Crippen MR) is 78.8 cm³/mol. The summed E-state index contributed by atoms with van der Waals surface area (Å²) in [5.74, 6) is 0.288. The van der Waals surface area contributed by atoms with Crippen molar-refractivity contribution >= 4 is 5.97 Å². The number of likely N-dealkylation sites (N-methyl/N-ethyl adjacent to an activating group) is 1. The number of carboxylic acid groups (broad SMARTS) is 1. The summed E-state index contributed by atoms with van der Waals surface area (Å²) >= 11 is 0. The minimum Gasteiger partial charge on any atom is -0.493 e. The third-order valence-electron chi connectivity index (χ3n) is 3.64. The molecule has 1 aliphatic rings. The number of ether oxygens (including phenoxy) is 2. The van der Waals surface area contributed by atoms with Gasteiger partial charge in [0.25, 0.3) is 0 Å². The molecule has 0 amide bonds. The molecule has 6 heteroatoms. The zero-order chi connectivity index (χ0) is 15.4. The molecular formula is C15H22N2O4. The number of aliphatic carboxylic acids is 1. The second-order valence-corrected chi connectivity index (χ2v) is 5.42. The molecule has 0 saturated carbocycles. The first kappa shape index (κ1) is 15.6. The molecule has 2 rings (SSSR count). The number of benzene rings is 1. The van der Waals surface area contributed by atoms with Gasteiger partial charge in [0.15, 0.2) is 11.5 Å². The van der Waals surface area contributed by atoms with E-state index in [0.717, 1.165) is 25.1 Å². The van der Waals surface area contributed by atoms with Crippen molar-refractivity contribution in [3.63, 3.8) is 0 Å². The van der Waals surface area contributed by atoms with Gasteiger partial charge in [0, 0.05) is 13.1 Å². The summed E-state index contributed by atoms with van der Waals surface area (Å²) in [5, 5.41) is 8.89. The van der Waals surface area contributed by atoms with Gasteiger partial charge in [0.1, 0.15) is 12.1 Å². The van der Waals surface area contributed by atoms with E-state index in [1.807, 2.05) is 12.1 Å². The van der Waals surface area contributed by atoms with Crippen LogP contribution in [0, 0.1) is 0 Å². The van der Waals surface area contributed by atoms with Crippen molar-refractivity contribution in [2.24, 2.45) is 5.73 Å². The second kappa shape index (κ2) is 6.78. The SMILES string of the molecule is COc1ccc(CC(N)C(=O)O)cc1OC1CCN(C)C1. The molecule has 1 heterocycles. The molecule has 0 spiro atoms.